The Labute approximate surface area is 95.3 Å². The van der Waals surface area contributed by atoms with E-state index in [9.17, 15) is 4.79 Å². The second kappa shape index (κ2) is 3.91. The van der Waals surface area contributed by atoms with Crippen molar-refractivity contribution in [2.75, 3.05) is 0 Å². The van der Waals surface area contributed by atoms with Crippen molar-refractivity contribution in [3.05, 3.63) is 35.4 Å². The summed E-state index contributed by atoms with van der Waals surface area (Å²) in [6.45, 7) is 1.73. The fourth-order valence-corrected chi connectivity index (χ4v) is 1.87. The molecule has 3 heteroatoms. The third-order valence-corrected chi connectivity index (χ3v) is 3.25. The van der Waals surface area contributed by atoms with Gasteiger partial charge in [0, 0.05) is 5.54 Å². The number of hydrogen-bond donors (Lipinski definition) is 2. The van der Waals surface area contributed by atoms with E-state index < -0.39 is 5.97 Å². The predicted molar refractivity (Wildman–Crippen MR) is 62.0 cm³/mol. The highest BCUT2D eigenvalue weighted by Gasteiger charge is 2.39. The minimum Gasteiger partial charge on any atom is -0.481 e. The van der Waals surface area contributed by atoms with Crippen molar-refractivity contribution in [1.82, 2.24) is 0 Å². The second-order valence-corrected chi connectivity index (χ2v) is 4.80. The van der Waals surface area contributed by atoms with Gasteiger partial charge in [0.1, 0.15) is 0 Å². The maximum absolute atomic E-state index is 10.8. The topological polar surface area (TPSA) is 63.3 Å². The van der Waals surface area contributed by atoms with Crippen LogP contribution in [-0.2, 0) is 16.8 Å². The Kier molecular flexibility index (Phi) is 2.72. The number of hydrogen-bond acceptors (Lipinski definition) is 2. The van der Waals surface area contributed by atoms with Gasteiger partial charge >= 0.3 is 5.97 Å². The molecule has 1 aromatic carbocycles. The van der Waals surface area contributed by atoms with Crippen LogP contribution in [0.5, 0.6) is 0 Å². The normalized spacial score (nSPS) is 19.1. The summed E-state index contributed by atoms with van der Waals surface area (Å²) >= 11 is 0. The van der Waals surface area contributed by atoms with Crippen molar-refractivity contribution in [1.29, 1.82) is 0 Å². The number of carbonyl (C=O) groups is 1. The van der Waals surface area contributed by atoms with Gasteiger partial charge in [-0.3, -0.25) is 4.79 Å². The first-order valence-electron chi connectivity index (χ1n) is 5.62. The van der Waals surface area contributed by atoms with E-state index in [1.807, 2.05) is 24.3 Å². The van der Waals surface area contributed by atoms with Crippen LogP contribution in [0.4, 0.5) is 0 Å². The smallest absolute Gasteiger partial charge is 0.306 e. The average Bonchev–Trinajstić information content (AvgIpc) is 2.98. The lowest BCUT2D eigenvalue weighted by Gasteiger charge is -2.12. The summed E-state index contributed by atoms with van der Waals surface area (Å²) in [5.41, 5.74) is 8.18. The van der Waals surface area contributed by atoms with Gasteiger partial charge in [0.2, 0.25) is 0 Å². The van der Waals surface area contributed by atoms with E-state index >= 15 is 0 Å². The first-order valence-corrected chi connectivity index (χ1v) is 5.62. The van der Waals surface area contributed by atoms with Gasteiger partial charge in [-0.05, 0) is 30.4 Å². The Bertz CT molecular complexity index is 410. The third kappa shape index (κ3) is 2.25. The van der Waals surface area contributed by atoms with Gasteiger partial charge in [-0.15, -0.1) is 0 Å². The standard InChI is InChI=1S/C13H17NO2/c1-9(12(15)16)7-10-3-2-4-11(8-10)13(14)5-6-13/h2-4,8-9H,5-7,14H2,1H3,(H,15,16). The molecule has 0 amide bonds. The van der Waals surface area contributed by atoms with Crippen LogP contribution in [0, 0.1) is 5.92 Å². The van der Waals surface area contributed by atoms with Gasteiger partial charge in [-0.2, -0.15) is 0 Å². The van der Waals surface area contributed by atoms with Crippen LogP contribution in [0.3, 0.4) is 0 Å². The minimum absolute atomic E-state index is 0.136. The summed E-state index contributed by atoms with van der Waals surface area (Å²) in [5, 5.41) is 8.86. The molecule has 1 saturated carbocycles. The number of carboxylic acid groups (broad SMARTS) is 1. The largest absolute Gasteiger partial charge is 0.481 e. The third-order valence-electron chi connectivity index (χ3n) is 3.25. The van der Waals surface area contributed by atoms with E-state index in [1.54, 1.807) is 6.92 Å². The number of rotatable bonds is 4. The predicted octanol–water partition coefficient (Wildman–Crippen LogP) is 1.90. The maximum atomic E-state index is 10.8. The molecule has 0 bridgehead atoms. The molecule has 1 aromatic rings. The van der Waals surface area contributed by atoms with Crippen LogP contribution >= 0.6 is 0 Å². The van der Waals surface area contributed by atoms with Crippen molar-refractivity contribution in [2.24, 2.45) is 11.7 Å². The molecule has 0 aliphatic heterocycles. The fraction of sp³-hybridized carbons (Fsp3) is 0.462. The summed E-state index contributed by atoms with van der Waals surface area (Å²) in [7, 11) is 0. The molecule has 0 radical (unpaired) electrons. The Morgan fingerprint density at radius 2 is 2.25 bits per heavy atom. The van der Waals surface area contributed by atoms with Gasteiger partial charge in [0.15, 0.2) is 0 Å². The highest BCUT2D eigenvalue weighted by atomic mass is 16.4. The highest BCUT2D eigenvalue weighted by Crippen LogP contribution is 2.42. The second-order valence-electron chi connectivity index (χ2n) is 4.80. The fourth-order valence-electron chi connectivity index (χ4n) is 1.87. The van der Waals surface area contributed by atoms with Crippen molar-refractivity contribution < 1.29 is 9.90 Å². The van der Waals surface area contributed by atoms with E-state index in [2.05, 4.69) is 0 Å². The molecule has 0 spiro atoms. The first kappa shape index (κ1) is 11.1. The molecule has 3 N–H and O–H groups in total. The number of nitrogens with two attached hydrogens (primary N) is 1. The lowest BCUT2D eigenvalue weighted by molar-refractivity contribution is -0.141. The van der Waals surface area contributed by atoms with E-state index in [-0.39, 0.29) is 11.5 Å². The van der Waals surface area contributed by atoms with Crippen LogP contribution in [0.25, 0.3) is 0 Å². The Morgan fingerprint density at radius 3 is 2.81 bits per heavy atom. The van der Waals surface area contributed by atoms with E-state index in [4.69, 9.17) is 10.8 Å². The van der Waals surface area contributed by atoms with Crippen molar-refractivity contribution in [3.8, 4) is 0 Å². The molecule has 3 nitrogen and oxygen atoms in total. The molecule has 0 aromatic heterocycles. The lowest BCUT2D eigenvalue weighted by atomic mass is 9.97. The zero-order valence-electron chi connectivity index (χ0n) is 9.44. The minimum atomic E-state index is -0.751. The van der Waals surface area contributed by atoms with Gasteiger partial charge in [-0.1, -0.05) is 31.2 Å². The van der Waals surface area contributed by atoms with Crippen LogP contribution in [0.15, 0.2) is 24.3 Å². The van der Waals surface area contributed by atoms with E-state index in [0.29, 0.717) is 6.42 Å². The van der Waals surface area contributed by atoms with Crippen molar-refractivity contribution in [2.45, 2.75) is 31.7 Å². The summed E-state index contributed by atoms with van der Waals surface area (Å²) in [5.74, 6) is -1.09. The summed E-state index contributed by atoms with van der Waals surface area (Å²) < 4.78 is 0. The Morgan fingerprint density at radius 1 is 1.56 bits per heavy atom. The lowest BCUT2D eigenvalue weighted by Crippen LogP contribution is -2.19. The molecule has 1 aliphatic carbocycles. The number of benzene rings is 1. The molecule has 1 atom stereocenters. The number of aliphatic carboxylic acids is 1. The van der Waals surface area contributed by atoms with Gasteiger partial charge < -0.3 is 10.8 Å². The van der Waals surface area contributed by atoms with Crippen LogP contribution < -0.4 is 5.73 Å². The summed E-state index contributed by atoms with van der Waals surface area (Å²) in [4.78, 5) is 10.8. The van der Waals surface area contributed by atoms with Gasteiger partial charge in [0.05, 0.1) is 5.92 Å². The Hall–Kier alpha value is -1.35. The van der Waals surface area contributed by atoms with E-state index in [1.165, 1.54) is 0 Å². The highest BCUT2D eigenvalue weighted by molar-refractivity contribution is 5.69. The monoisotopic (exact) mass is 219 g/mol. The SMILES string of the molecule is CC(Cc1cccc(C2(N)CC2)c1)C(=O)O. The molecule has 86 valence electrons. The molecule has 0 saturated heterocycles. The van der Waals surface area contributed by atoms with Gasteiger partial charge in [-0.25, -0.2) is 0 Å². The maximum Gasteiger partial charge on any atom is 0.306 e. The number of carboxylic acids is 1. The molecular formula is C13H17NO2. The molecule has 1 unspecified atom stereocenters. The zero-order chi connectivity index (χ0) is 11.8. The quantitative estimate of drug-likeness (QED) is 0.813. The van der Waals surface area contributed by atoms with E-state index in [0.717, 1.165) is 24.0 Å². The Balaban J connectivity index is 2.13. The zero-order valence-corrected chi connectivity index (χ0v) is 9.44. The molecule has 1 aliphatic rings. The molecule has 0 heterocycles. The first-order chi connectivity index (χ1) is 7.51. The van der Waals surface area contributed by atoms with Crippen LogP contribution in [0.2, 0.25) is 0 Å². The molecule has 2 rings (SSSR count). The van der Waals surface area contributed by atoms with Crippen molar-refractivity contribution in [3.63, 3.8) is 0 Å². The molecular weight excluding hydrogens is 202 g/mol. The summed E-state index contributed by atoms with van der Waals surface area (Å²) in [6, 6.07) is 8.01. The van der Waals surface area contributed by atoms with Gasteiger partial charge in [0.25, 0.3) is 0 Å². The average molecular weight is 219 g/mol. The molecule has 16 heavy (non-hydrogen) atoms. The van der Waals surface area contributed by atoms with Crippen LogP contribution in [-0.4, -0.2) is 11.1 Å². The summed E-state index contributed by atoms with van der Waals surface area (Å²) in [6.07, 6.45) is 2.63. The van der Waals surface area contributed by atoms with Crippen LogP contribution in [0.1, 0.15) is 30.9 Å². The van der Waals surface area contributed by atoms with Crippen molar-refractivity contribution >= 4 is 5.97 Å². The molecule has 1 fully saturated rings.